The molecule has 0 aromatic rings. The Balaban J connectivity index is 3.76. The van der Waals surface area contributed by atoms with Gasteiger partial charge >= 0.3 is 6.18 Å². The number of alkyl halides is 3. The van der Waals surface area contributed by atoms with Gasteiger partial charge in [0.25, 0.3) is 0 Å². The molecular formula is C11H23F3N2. The first-order valence-corrected chi connectivity index (χ1v) is 5.85. The van der Waals surface area contributed by atoms with Crippen molar-refractivity contribution in [1.82, 2.24) is 10.2 Å². The molecule has 0 bridgehead atoms. The Morgan fingerprint density at radius 3 is 2.25 bits per heavy atom. The third kappa shape index (κ3) is 10.2. The highest BCUT2D eigenvalue weighted by atomic mass is 19.4. The Bertz CT molecular complexity index is 169. The lowest BCUT2D eigenvalue weighted by molar-refractivity contribution is -0.145. The first-order chi connectivity index (χ1) is 7.35. The summed E-state index contributed by atoms with van der Waals surface area (Å²) in [6, 6.07) is 0. The van der Waals surface area contributed by atoms with Crippen LogP contribution < -0.4 is 5.32 Å². The number of nitrogens with zero attached hydrogens (tertiary/aromatic N) is 1. The zero-order valence-corrected chi connectivity index (χ0v) is 10.4. The van der Waals surface area contributed by atoms with Crippen LogP contribution in [-0.4, -0.2) is 43.8 Å². The molecule has 98 valence electrons. The van der Waals surface area contributed by atoms with Gasteiger partial charge in [-0.25, -0.2) is 0 Å². The summed E-state index contributed by atoms with van der Waals surface area (Å²) >= 11 is 0. The molecule has 0 aromatic carbocycles. The van der Waals surface area contributed by atoms with Crippen LogP contribution in [-0.2, 0) is 0 Å². The Labute approximate surface area is 96.2 Å². The lowest BCUT2D eigenvalue weighted by Gasteiger charge is -2.23. The molecule has 0 fully saturated rings. The lowest BCUT2D eigenvalue weighted by Crippen LogP contribution is -2.39. The molecule has 2 nitrogen and oxygen atoms in total. The van der Waals surface area contributed by atoms with E-state index >= 15 is 0 Å². The van der Waals surface area contributed by atoms with E-state index in [0.29, 0.717) is 25.6 Å². The fourth-order valence-corrected chi connectivity index (χ4v) is 1.47. The van der Waals surface area contributed by atoms with Gasteiger partial charge in [-0.15, -0.1) is 0 Å². The Hall–Kier alpha value is -0.290. The fraction of sp³-hybridized carbons (Fsp3) is 1.00. The maximum absolute atomic E-state index is 12.2. The predicted octanol–water partition coefficient (Wildman–Crippen LogP) is 2.51. The molecule has 0 saturated carbocycles. The molecule has 0 atom stereocenters. The zero-order chi connectivity index (χ0) is 12.6. The number of hydrogen-bond donors (Lipinski definition) is 1. The highest BCUT2D eigenvalue weighted by Crippen LogP contribution is 2.16. The van der Waals surface area contributed by atoms with Crippen molar-refractivity contribution in [1.29, 1.82) is 0 Å². The van der Waals surface area contributed by atoms with Crippen molar-refractivity contribution in [3.05, 3.63) is 0 Å². The summed E-state index contributed by atoms with van der Waals surface area (Å²) in [5, 5.41) is 3.15. The largest absolute Gasteiger partial charge is 0.401 e. The molecule has 0 aliphatic heterocycles. The van der Waals surface area contributed by atoms with Crippen LogP contribution in [0.2, 0.25) is 0 Å². The van der Waals surface area contributed by atoms with E-state index in [1.807, 2.05) is 6.92 Å². The summed E-state index contributed by atoms with van der Waals surface area (Å²) in [6.07, 6.45) is -3.34. The minimum Gasteiger partial charge on any atom is -0.315 e. The zero-order valence-electron chi connectivity index (χ0n) is 10.4. The molecule has 1 N–H and O–H groups in total. The van der Waals surface area contributed by atoms with Crippen LogP contribution in [0.3, 0.4) is 0 Å². The van der Waals surface area contributed by atoms with E-state index < -0.39 is 12.7 Å². The standard InChI is InChI=1S/C11H23F3N2/c1-4-6-16(9-11(12,13)14)7-5-15-8-10(2)3/h10,15H,4-9H2,1-3H3. The molecule has 0 heterocycles. The topological polar surface area (TPSA) is 15.3 Å². The maximum Gasteiger partial charge on any atom is 0.401 e. The summed E-state index contributed by atoms with van der Waals surface area (Å²) in [6.45, 7) is 7.68. The van der Waals surface area contributed by atoms with Crippen molar-refractivity contribution in [2.24, 2.45) is 5.92 Å². The van der Waals surface area contributed by atoms with Gasteiger partial charge in [0.2, 0.25) is 0 Å². The molecule has 0 amide bonds. The van der Waals surface area contributed by atoms with Gasteiger partial charge in [0.1, 0.15) is 0 Å². The Morgan fingerprint density at radius 1 is 1.19 bits per heavy atom. The van der Waals surface area contributed by atoms with Crippen molar-refractivity contribution in [2.75, 3.05) is 32.7 Å². The van der Waals surface area contributed by atoms with Crippen LogP contribution in [0, 0.1) is 5.92 Å². The molecule has 0 saturated heterocycles. The quantitative estimate of drug-likeness (QED) is 0.656. The Morgan fingerprint density at radius 2 is 1.81 bits per heavy atom. The molecule has 5 heteroatoms. The SMILES string of the molecule is CCCN(CCNCC(C)C)CC(F)(F)F. The average molecular weight is 240 g/mol. The molecule has 16 heavy (non-hydrogen) atoms. The number of nitrogens with one attached hydrogen (secondary N) is 1. The van der Waals surface area contributed by atoms with Gasteiger partial charge in [-0.3, -0.25) is 4.90 Å². The molecule has 0 aliphatic rings. The smallest absolute Gasteiger partial charge is 0.315 e. The van der Waals surface area contributed by atoms with Gasteiger partial charge in [-0.2, -0.15) is 13.2 Å². The summed E-state index contributed by atoms with van der Waals surface area (Å²) < 4.78 is 36.6. The summed E-state index contributed by atoms with van der Waals surface area (Å²) in [4.78, 5) is 1.45. The van der Waals surface area contributed by atoms with E-state index in [0.717, 1.165) is 13.0 Å². The molecule has 0 radical (unpaired) electrons. The molecule has 0 spiro atoms. The van der Waals surface area contributed by atoms with E-state index in [9.17, 15) is 13.2 Å². The van der Waals surface area contributed by atoms with E-state index in [1.165, 1.54) is 4.90 Å². The molecule has 0 unspecified atom stereocenters. The van der Waals surface area contributed by atoms with Crippen molar-refractivity contribution >= 4 is 0 Å². The highest BCUT2D eigenvalue weighted by molar-refractivity contribution is 4.64. The first-order valence-electron chi connectivity index (χ1n) is 5.85. The number of halogens is 3. The van der Waals surface area contributed by atoms with Crippen LogP contribution in [0.25, 0.3) is 0 Å². The third-order valence-corrected chi connectivity index (χ3v) is 2.10. The fourth-order valence-electron chi connectivity index (χ4n) is 1.47. The molecule has 0 aliphatic carbocycles. The van der Waals surface area contributed by atoms with Crippen LogP contribution >= 0.6 is 0 Å². The number of hydrogen-bond acceptors (Lipinski definition) is 2. The molecule has 0 rings (SSSR count). The van der Waals surface area contributed by atoms with Gasteiger partial charge in [-0.1, -0.05) is 20.8 Å². The average Bonchev–Trinajstić information content (AvgIpc) is 2.09. The van der Waals surface area contributed by atoms with Crippen LogP contribution in [0.1, 0.15) is 27.2 Å². The van der Waals surface area contributed by atoms with Crippen LogP contribution in [0.4, 0.5) is 13.2 Å². The van der Waals surface area contributed by atoms with Crippen molar-refractivity contribution in [3.8, 4) is 0 Å². The molecule has 0 aromatic heterocycles. The van der Waals surface area contributed by atoms with Gasteiger partial charge < -0.3 is 5.32 Å². The minimum atomic E-state index is -4.09. The molecular weight excluding hydrogens is 217 g/mol. The van der Waals surface area contributed by atoms with Crippen molar-refractivity contribution < 1.29 is 13.2 Å². The Kier molecular flexibility index (Phi) is 7.76. The van der Waals surface area contributed by atoms with E-state index in [4.69, 9.17) is 0 Å². The third-order valence-electron chi connectivity index (χ3n) is 2.10. The normalized spacial score (nSPS) is 12.8. The van der Waals surface area contributed by atoms with Gasteiger partial charge in [-0.05, 0) is 25.4 Å². The van der Waals surface area contributed by atoms with Crippen molar-refractivity contribution in [3.63, 3.8) is 0 Å². The second-order valence-electron chi connectivity index (χ2n) is 4.49. The number of rotatable bonds is 8. The lowest BCUT2D eigenvalue weighted by atomic mass is 10.2. The summed E-state index contributed by atoms with van der Waals surface area (Å²) in [7, 11) is 0. The van der Waals surface area contributed by atoms with E-state index in [2.05, 4.69) is 19.2 Å². The second kappa shape index (κ2) is 7.90. The minimum absolute atomic E-state index is 0.458. The summed E-state index contributed by atoms with van der Waals surface area (Å²) in [5.74, 6) is 0.530. The first kappa shape index (κ1) is 15.7. The van der Waals surface area contributed by atoms with E-state index in [-0.39, 0.29) is 0 Å². The van der Waals surface area contributed by atoms with Gasteiger partial charge in [0.05, 0.1) is 6.54 Å². The monoisotopic (exact) mass is 240 g/mol. The van der Waals surface area contributed by atoms with Gasteiger partial charge in [0, 0.05) is 13.1 Å². The van der Waals surface area contributed by atoms with E-state index in [1.54, 1.807) is 0 Å². The highest BCUT2D eigenvalue weighted by Gasteiger charge is 2.29. The van der Waals surface area contributed by atoms with Crippen molar-refractivity contribution in [2.45, 2.75) is 33.4 Å². The maximum atomic E-state index is 12.2. The predicted molar refractivity (Wildman–Crippen MR) is 60.5 cm³/mol. The van der Waals surface area contributed by atoms with Crippen LogP contribution in [0.5, 0.6) is 0 Å². The van der Waals surface area contributed by atoms with Crippen LogP contribution in [0.15, 0.2) is 0 Å². The summed E-state index contributed by atoms with van der Waals surface area (Å²) in [5.41, 5.74) is 0. The van der Waals surface area contributed by atoms with Gasteiger partial charge in [0.15, 0.2) is 0 Å². The second-order valence-corrected chi connectivity index (χ2v) is 4.49.